The zero-order valence-corrected chi connectivity index (χ0v) is 26.5. The van der Waals surface area contributed by atoms with Gasteiger partial charge in [-0.25, -0.2) is 4.98 Å². The number of para-hydroxylation sites is 1. The molecule has 0 saturated heterocycles. The number of carbonyl (C=O) groups excluding carboxylic acids is 1. The van der Waals surface area contributed by atoms with Gasteiger partial charge in [-0.05, 0) is 88.7 Å². The molecule has 43 heavy (non-hydrogen) atoms. The Bertz CT molecular complexity index is 2110. The van der Waals surface area contributed by atoms with Crippen molar-refractivity contribution in [2.24, 2.45) is 5.10 Å². The summed E-state index contributed by atoms with van der Waals surface area (Å²) in [5, 5.41) is 9.41. The quantitative estimate of drug-likeness (QED) is 0.166. The molecule has 4 aromatic carbocycles. The first-order valence-corrected chi connectivity index (χ1v) is 15.0. The third kappa shape index (κ3) is 6.37. The lowest BCUT2D eigenvalue weighted by molar-refractivity contribution is -0.118. The molecule has 0 radical (unpaired) electrons. The summed E-state index contributed by atoms with van der Waals surface area (Å²) in [5.74, 6) is 0.478. The van der Waals surface area contributed by atoms with Crippen molar-refractivity contribution in [3.8, 4) is 17.3 Å². The average Bonchev–Trinajstić information content (AvgIpc) is 3.40. The van der Waals surface area contributed by atoms with E-state index in [1.165, 1.54) is 10.9 Å². The van der Waals surface area contributed by atoms with E-state index in [1.54, 1.807) is 66.7 Å². The molecule has 0 unspecified atom stereocenters. The average molecular weight is 741 g/mol. The monoisotopic (exact) mass is 738 g/mol. The summed E-state index contributed by atoms with van der Waals surface area (Å²) in [5.41, 5.74) is 1.71. The number of halogens is 4. The molecule has 0 bridgehead atoms. The van der Waals surface area contributed by atoms with Crippen LogP contribution in [0.3, 0.4) is 0 Å². The van der Waals surface area contributed by atoms with Crippen LogP contribution >= 0.6 is 55.1 Å². The number of carbonyl (C=O) groups is 1. The molecule has 12 heteroatoms. The summed E-state index contributed by atoms with van der Waals surface area (Å²) in [7, 11) is 0. The molecular formula is C31H18Br2Cl2N4O4. The maximum Gasteiger partial charge on any atom is 0.282 e. The number of benzene rings is 4. The van der Waals surface area contributed by atoms with E-state index in [0.29, 0.717) is 53.8 Å². The van der Waals surface area contributed by atoms with Gasteiger partial charge in [0.15, 0.2) is 12.4 Å². The van der Waals surface area contributed by atoms with Crippen molar-refractivity contribution < 1.29 is 13.9 Å². The van der Waals surface area contributed by atoms with Crippen LogP contribution in [0.4, 0.5) is 5.69 Å². The molecule has 214 valence electrons. The molecule has 8 nitrogen and oxygen atoms in total. The Kier molecular flexibility index (Phi) is 8.36. The molecule has 0 atom stereocenters. The van der Waals surface area contributed by atoms with Crippen LogP contribution in [0.5, 0.6) is 5.75 Å². The van der Waals surface area contributed by atoms with Crippen molar-refractivity contribution in [3.05, 3.63) is 120 Å². The van der Waals surface area contributed by atoms with Gasteiger partial charge in [0.25, 0.3) is 11.5 Å². The lowest BCUT2D eigenvalue weighted by Gasteiger charge is -2.12. The van der Waals surface area contributed by atoms with Gasteiger partial charge in [-0.3, -0.25) is 9.59 Å². The van der Waals surface area contributed by atoms with E-state index in [9.17, 15) is 9.59 Å². The summed E-state index contributed by atoms with van der Waals surface area (Å²) < 4.78 is 14.5. The van der Waals surface area contributed by atoms with Gasteiger partial charge in [-0.15, -0.1) is 0 Å². The summed E-state index contributed by atoms with van der Waals surface area (Å²) in [4.78, 5) is 31.0. The minimum atomic E-state index is -0.399. The second-order valence-electron chi connectivity index (χ2n) is 9.26. The van der Waals surface area contributed by atoms with Gasteiger partial charge in [0.2, 0.25) is 5.82 Å². The SMILES string of the molecule is O=C(COc1c(Br)cc(Cl)cc1C=Nn1c(-c2cc3cc(Br)ccc3o2)nc2ccccc2c1=O)Nc1ccc(Cl)cc1. The molecule has 6 aromatic rings. The van der Waals surface area contributed by atoms with Gasteiger partial charge >= 0.3 is 0 Å². The Labute approximate surface area is 271 Å². The molecule has 6 rings (SSSR count). The van der Waals surface area contributed by atoms with E-state index in [2.05, 4.69) is 42.3 Å². The summed E-state index contributed by atoms with van der Waals surface area (Å²) in [6.45, 7) is -0.305. The highest BCUT2D eigenvalue weighted by Gasteiger charge is 2.18. The van der Waals surface area contributed by atoms with Crippen molar-refractivity contribution in [3.63, 3.8) is 0 Å². The summed E-state index contributed by atoms with van der Waals surface area (Å²) in [6, 6.07) is 24.3. The predicted molar refractivity (Wildman–Crippen MR) is 177 cm³/mol. The van der Waals surface area contributed by atoms with Crippen LogP contribution in [-0.4, -0.2) is 28.4 Å². The number of nitrogens with zero attached hydrogens (tertiary/aromatic N) is 3. The fourth-order valence-corrected chi connectivity index (χ4v) is 5.78. The molecule has 0 aliphatic carbocycles. The van der Waals surface area contributed by atoms with Gasteiger partial charge in [-0.1, -0.05) is 51.3 Å². The van der Waals surface area contributed by atoms with Crippen LogP contribution in [0.2, 0.25) is 10.0 Å². The van der Waals surface area contributed by atoms with Crippen molar-refractivity contribution >= 4 is 94.7 Å². The van der Waals surface area contributed by atoms with Crippen LogP contribution in [0.25, 0.3) is 33.5 Å². The van der Waals surface area contributed by atoms with Crippen molar-refractivity contribution in [1.29, 1.82) is 0 Å². The topological polar surface area (TPSA) is 98.7 Å². The zero-order chi connectivity index (χ0) is 30.1. The first-order chi connectivity index (χ1) is 20.7. The Morgan fingerprint density at radius 1 is 1.00 bits per heavy atom. The number of ether oxygens (including phenoxy) is 1. The molecule has 0 aliphatic heterocycles. The number of amides is 1. The van der Waals surface area contributed by atoms with Crippen molar-refractivity contribution in [2.75, 3.05) is 11.9 Å². The summed E-state index contributed by atoms with van der Waals surface area (Å²) in [6.07, 6.45) is 1.42. The third-order valence-corrected chi connectivity index (χ3v) is 7.83. The number of hydrogen-bond donors (Lipinski definition) is 1. The molecule has 0 saturated carbocycles. The van der Waals surface area contributed by atoms with E-state index in [-0.39, 0.29) is 18.3 Å². The smallest absolute Gasteiger partial charge is 0.282 e. The third-order valence-electron chi connectivity index (χ3n) is 6.28. The van der Waals surface area contributed by atoms with Gasteiger partial charge in [0, 0.05) is 31.2 Å². The molecule has 2 heterocycles. The fourth-order valence-electron chi connectivity index (χ4n) is 4.33. The standard InChI is InChI=1S/C31H18Br2Cl2N4O4/c32-19-5-10-26-17(11-19)13-27(43-26)30-38-25-4-2-1-3-23(25)31(41)39(30)36-15-18-12-21(35)14-24(33)29(18)42-16-28(40)37-22-8-6-20(34)7-9-22/h1-15H,16H2,(H,37,40). The molecule has 1 amide bonds. The molecule has 0 spiro atoms. The Hall–Kier alpha value is -3.96. The minimum absolute atomic E-state index is 0.207. The maximum absolute atomic E-state index is 13.7. The van der Waals surface area contributed by atoms with E-state index in [0.717, 1.165) is 9.86 Å². The maximum atomic E-state index is 13.7. The van der Waals surface area contributed by atoms with E-state index >= 15 is 0 Å². The van der Waals surface area contributed by atoms with Gasteiger partial charge in [0.1, 0.15) is 11.3 Å². The number of nitrogens with one attached hydrogen (secondary N) is 1. The van der Waals surface area contributed by atoms with Gasteiger partial charge in [-0.2, -0.15) is 9.78 Å². The number of furan rings is 1. The molecule has 2 aromatic heterocycles. The normalized spacial score (nSPS) is 11.4. The lowest BCUT2D eigenvalue weighted by Crippen LogP contribution is -2.21. The van der Waals surface area contributed by atoms with Crippen LogP contribution in [0.1, 0.15) is 5.56 Å². The van der Waals surface area contributed by atoms with Crippen LogP contribution in [0.15, 0.2) is 108 Å². The van der Waals surface area contributed by atoms with Crippen LogP contribution in [0, 0.1) is 0 Å². The Balaban J connectivity index is 1.38. The van der Waals surface area contributed by atoms with Crippen molar-refractivity contribution in [1.82, 2.24) is 9.66 Å². The number of anilines is 1. The lowest BCUT2D eigenvalue weighted by atomic mass is 10.2. The number of hydrogen-bond acceptors (Lipinski definition) is 6. The zero-order valence-electron chi connectivity index (χ0n) is 21.9. The first-order valence-electron chi connectivity index (χ1n) is 12.7. The van der Waals surface area contributed by atoms with Crippen LogP contribution in [-0.2, 0) is 4.79 Å². The highest BCUT2D eigenvalue weighted by Crippen LogP contribution is 2.33. The number of rotatable bonds is 7. The van der Waals surface area contributed by atoms with E-state index < -0.39 is 5.56 Å². The van der Waals surface area contributed by atoms with Crippen molar-refractivity contribution in [2.45, 2.75) is 0 Å². The highest BCUT2D eigenvalue weighted by atomic mass is 79.9. The van der Waals surface area contributed by atoms with E-state index in [4.69, 9.17) is 37.3 Å². The Morgan fingerprint density at radius 2 is 1.79 bits per heavy atom. The molecule has 0 aliphatic rings. The minimum Gasteiger partial charge on any atom is -0.482 e. The summed E-state index contributed by atoms with van der Waals surface area (Å²) >= 11 is 19.2. The van der Waals surface area contributed by atoms with Crippen LogP contribution < -0.4 is 15.6 Å². The predicted octanol–water partition coefficient (Wildman–Crippen LogP) is 8.54. The van der Waals surface area contributed by atoms with E-state index in [1.807, 2.05) is 18.2 Å². The molecule has 1 N–H and O–H groups in total. The second-order valence-corrected chi connectivity index (χ2v) is 11.9. The van der Waals surface area contributed by atoms with Gasteiger partial charge < -0.3 is 14.5 Å². The number of fused-ring (bicyclic) bond motifs is 2. The second kappa shape index (κ2) is 12.3. The largest absolute Gasteiger partial charge is 0.482 e. The Morgan fingerprint density at radius 3 is 2.60 bits per heavy atom. The van der Waals surface area contributed by atoms with Gasteiger partial charge in [0.05, 0.1) is 21.6 Å². The highest BCUT2D eigenvalue weighted by molar-refractivity contribution is 9.10. The number of aromatic nitrogens is 2. The molecular weight excluding hydrogens is 723 g/mol. The first kappa shape index (κ1) is 29.1. The molecule has 0 fully saturated rings. The fraction of sp³-hybridized carbons (Fsp3) is 0.0323.